The fraction of sp³-hybridized carbons (Fsp3) is 0.556. The number of rotatable bonds is 6. The summed E-state index contributed by atoms with van der Waals surface area (Å²) in [5, 5.41) is 0. The summed E-state index contributed by atoms with van der Waals surface area (Å²) >= 11 is 0. The normalized spacial score (nSPS) is 18.6. The van der Waals surface area contributed by atoms with Crippen LogP contribution in [0.4, 0.5) is 0 Å². The standard InChI is InChI=1S/C18H23NO6/c1-4-23-15(21)9-12(20)8-13-16-11(5-6-19(13)2)7-14-17(18(16)22-3)25-10-24-14/h7,13H,4-6,8-10H2,1-3H3. The van der Waals surface area contributed by atoms with Gasteiger partial charge in [0.05, 0.1) is 13.7 Å². The summed E-state index contributed by atoms with van der Waals surface area (Å²) < 4.78 is 21.5. The minimum Gasteiger partial charge on any atom is -0.492 e. The molecule has 2 aliphatic rings. The van der Waals surface area contributed by atoms with E-state index in [9.17, 15) is 9.59 Å². The number of Topliss-reactive ketones (excluding diaryl/α,β-unsaturated/α-hetero) is 1. The van der Waals surface area contributed by atoms with Gasteiger partial charge in [-0.05, 0) is 32.0 Å². The van der Waals surface area contributed by atoms with Crippen LogP contribution in [0.3, 0.4) is 0 Å². The van der Waals surface area contributed by atoms with E-state index in [0.717, 1.165) is 24.1 Å². The van der Waals surface area contributed by atoms with E-state index >= 15 is 0 Å². The van der Waals surface area contributed by atoms with E-state index in [2.05, 4.69) is 4.90 Å². The van der Waals surface area contributed by atoms with Gasteiger partial charge in [-0.2, -0.15) is 0 Å². The van der Waals surface area contributed by atoms with Gasteiger partial charge in [0.25, 0.3) is 0 Å². The van der Waals surface area contributed by atoms with Crippen molar-refractivity contribution in [3.05, 3.63) is 17.2 Å². The number of hydrogen-bond acceptors (Lipinski definition) is 7. The molecule has 0 bridgehead atoms. The molecule has 1 aromatic rings. The Balaban J connectivity index is 1.89. The van der Waals surface area contributed by atoms with Crippen LogP contribution >= 0.6 is 0 Å². The lowest BCUT2D eigenvalue weighted by Crippen LogP contribution is -2.34. The van der Waals surface area contributed by atoms with Gasteiger partial charge >= 0.3 is 5.97 Å². The highest BCUT2D eigenvalue weighted by Crippen LogP contribution is 2.50. The Morgan fingerprint density at radius 1 is 1.36 bits per heavy atom. The lowest BCUT2D eigenvalue weighted by atomic mass is 9.88. The van der Waals surface area contributed by atoms with Gasteiger partial charge in [-0.3, -0.25) is 14.5 Å². The average Bonchev–Trinajstić information content (AvgIpc) is 3.03. The first-order valence-corrected chi connectivity index (χ1v) is 8.42. The van der Waals surface area contributed by atoms with Gasteiger partial charge in [-0.1, -0.05) is 0 Å². The summed E-state index contributed by atoms with van der Waals surface area (Å²) in [5.41, 5.74) is 2.03. The molecule has 0 radical (unpaired) electrons. The number of hydrogen-bond donors (Lipinski definition) is 0. The summed E-state index contributed by atoms with van der Waals surface area (Å²) in [6, 6.07) is 1.80. The maximum Gasteiger partial charge on any atom is 0.313 e. The maximum absolute atomic E-state index is 12.4. The van der Waals surface area contributed by atoms with Crippen LogP contribution in [-0.4, -0.2) is 50.8 Å². The first-order chi connectivity index (χ1) is 12.0. The minimum absolute atomic E-state index is 0.150. The summed E-state index contributed by atoms with van der Waals surface area (Å²) in [4.78, 5) is 26.0. The van der Waals surface area contributed by atoms with Crippen molar-refractivity contribution >= 4 is 11.8 Å². The third-order valence-corrected chi connectivity index (χ3v) is 4.61. The second-order valence-corrected chi connectivity index (χ2v) is 6.19. The highest BCUT2D eigenvalue weighted by Gasteiger charge is 2.35. The lowest BCUT2D eigenvalue weighted by Gasteiger charge is -2.35. The Kier molecular flexibility index (Phi) is 5.13. The van der Waals surface area contributed by atoms with Crippen LogP contribution in [0, 0.1) is 0 Å². The predicted molar refractivity (Wildman–Crippen MR) is 89.1 cm³/mol. The Morgan fingerprint density at radius 3 is 2.88 bits per heavy atom. The van der Waals surface area contributed by atoms with E-state index in [1.54, 1.807) is 14.0 Å². The smallest absolute Gasteiger partial charge is 0.313 e. The van der Waals surface area contributed by atoms with Crippen LogP contribution in [-0.2, 0) is 20.7 Å². The van der Waals surface area contributed by atoms with Crippen molar-refractivity contribution in [2.24, 2.45) is 0 Å². The van der Waals surface area contributed by atoms with Crippen molar-refractivity contribution in [1.29, 1.82) is 0 Å². The fourth-order valence-electron chi connectivity index (χ4n) is 3.44. The molecule has 0 spiro atoms. The molecule has 0 saturated heterocycles. The van der Waals surface area contributed by atoms with Crippen LogP contribution in [0.15, 0.2) is 6.07 Å². The van der Waals surface area contributed by atoms with Gasteiger partial charge in [-0.25, -0.2) is 0 Å². The molecule has 25 heavy (non-hydrogen) atoms. The highest BCUT2D eigenvalue weighted by atomic mass is 16.7. The molecular weight excluding hydrogens is 326 g/mol. The lowest BCUT2D eigenvalue weighted by molar-refractivity contribution is -0.145. The second-order valence-electron chi connectivity index (χ2n) is 6.19. The molecule has 3 rings (SSSR count). The van der Waals surface area contributed by atoms with E-state index in [1.165, 1.54) is 0 Å². The van der Waals surface area contributed by atoms with Crippen LogP contribution < -0.4 is 14.2 Å². The number of carbonyl (C=O) groups excluding carboxylic acids is 2. The van der Waals surface area contributed by atoms with E-state index in [0.29, 0.717) is 17.2 Å². The largest absolute Gasteiger partial charge is 0.492 e. The van der Waals surface area contributed by atoms with Crippen LogP contribution in [0.1, 0.15) is 36.9 Å². The quantitative estimate of drug-likeness (QED) is 0.573. The van der Waals surface area contributed by atoms with Crippen molar-refractivity contribution in [3.63, 3.8) is 0 Å². The Bertz CT molecular complexity index is 687. The molecule has 0 aromatic heterocycles. The van der Waals surface area contributed by atoms with Crippen LogP contribution in [0.5, 0.6) is 17.2 Å². The molecule has 0 saturated carbocycles. The topological polar surface area (TPSA) is 74.3 Å². The summed E-state index contributed by atoms with van der Waals surface area (Å²) in [7, 11) is 3.55. The maximum atomic E-state index is 12.4. The van der Waals surface area contributed by atoms with E-state index in [1.807, 2.05) is 13.1 Å². The van der Waals surface area contributed by atoms with Crippen molar-refractivity contribution in [2.75, 3.05) is 34.1 Å². The SMILES string of the molecule is CCOC(=O)CC(=O)CC1c2c(cc3c(c2OC)OCO3)CCN1C. The number of carbonyl (C=O) groups is 2. The Labute approximate surface area is 146 Å². The van der Waals surface area contributed by atoms with Gasteiger partial charge in [0, 0.05) is 24.6 Å². The van der Waals surface area contributed by atoms with Crippen molar-refractivity contribution in [2.45, 2.75) is 32.2 Å². The molecule has 7 nitrogen and oxygen atoms in total. The summed E-state index contributed by atoms with van der Waals surface area (Å²) in [6.07, 6.45) is 0.847. The molecular formula is C18H23NO6. The van der Waals surface area contributed by atoms with Crippen molar-refractivity contribution < 1.29 is 28.5 Å². The third-order valence-electron chi connectivity index (χ3n) is 4.61. The Morgan fingerprint density at radius 2 is 2.16 bits per heavy atom. The monoisotopic (exact) mass is 349 g/mol. The molecule has 0 fully saturated rings. The number of ether oxygens (including phenoxy) is 4. The third kappa shape index (κ3) is 3.42. The molecule has 0 amide bonds. The Hall–Kier alpha value is -2.28. The van der Waals surface area contributed by atoms with Crippen molar-refractivity contribution in [3.8, 4) is 17.2 Å². The van der Waals surface area contributed by atoms with Crippen LogP contribution in [0.2, 0.25) is 0 Å². The fourth-order valence-corrected chi connectivity index (χ4v) is 3.44. The zero-order valence-corrected chi connectivity index (χ0v) is 14.8. The van der Waals surface area contributed by atoms with E-state index in [-0.39, 0.29) is 38.1 Å². The molecule has 136 valence electrons. The van der Waals surface area contributed by atoms with Gasteiger partial charge in [0.15, 0.2) is 11.5 Å². The molecule has 1 unspecified atom stereocenters. The van der Waals surface area contributed by atoms with Gasteiger partial charge < -0.3 is 18.9 Å². The second kappa shape index (κ2) is 7.31. The number of methoxy groups -OCH3 is 1. The number of esters is 1. The molecule has 0 aliphatic carbocycles. The van der Waals surface area contributed by atoms with E-state index < -0.39 is 5.97 Å². The number of benzene rings is 1. The average molecular weight is 349 g/mol. The number of nitrogens with zero attached hydrogens (tertiary/aromatic N) is 1. The molecule has 2 heterocycles. The molecule has 7 heteroatoms. The minimum atomic E-state index is -0.483. The molecule has 1 aromatic carbocycles. The van der Waals surface area contributed by atoms with Crippen molar-refractivity contribution in [1.82, 2.24) is 4.90 Å². The zero-order chi connectivity index (χ0) is 18.0. The summed E-state index contributed by atoms with van der Waals surface area (Å²) in [5.74, 6) is 1.24. The number of likely N-dealkylation sites (N-methyl/N-ethyl adjacent to an activating group) is 1. The van der Waals surface area contributed by atoms with Crippen LogP contribution in [0.25, 0.3) is 0 Å². The first kappa shape index (κ1) is 17.5. The molecule has 1 atom stereocenters. The zero-order valence-electron chi connectivity index (χ0n) is 14.8. The predicted octanol–water partition coefficient (Wildman–Crippen LogP) is 1.87. The number of ketones is 1. The first-order valence-electron chi connectivity index (χ1n) is 8.42. The summed E-state index contributed by atoms with van der Waals surface area (Å²) in [6.45, 7) is 2.97. The highest BCUT2D eigenvalue weighted by molar-refractivity contribution is 5.96. The van der Waals surface area contributed by atoms with Gasteiger partial charge in [-0.15, -0.1) is 0 Å². The van der Waals surface area contributed by atoms with Gasteiger partial charge in [0.1, 0.15) is 12.2 Å². The molecule has 0 N–H and O–H groups in total. The number of fused-ring (bicyclic) bond motifs is 2. The van der Waals surface area contributed by atoms with Gasteiger partial charge in [0.2, 0.25) is 12.5 Å². The van der Waals surface area contributed by atoms with E-state index in [4.69, 9.17) is 18.9 Å². The molecule has 2 aliphatic heterocycles.